The molecular weight excluding hydrogens is 434 g/mol. The summed E-state index contributed by atoms with van der Waals surface area (Å²) in [4.78, 5) is 6.73. The zero-order chi connectivity index (χ0) is 23.0. The molecule has 0 saturated heterocycles. The van der Waals surface area contributed by atoms with Crippen LogP contribution in [0.2, 0.25) is 0 Å². The standard InChI is InChI=1S/C18H16F6N4O3/c1-4-10(13-25-15(30-27-13)17(19,20)21)7-29-12-8(2)5-11(6-9(12)3)14-26-16(31-28-14)18(22,23)24/h5-6,10H,4,7H2,1-3H3. The number of rotatable bonds is 6. The molecule has 13 heteroatoms. The van der Waals surface area contributed by atoms with E-state index in [0.29, 0.717) is 28.9 Å². The summed E-state index contributed by atoms with van der Waals surface area (Å²) in [7, 11) is 0. The van der Waals surface area contributed by atoms with Crippen molar-refractivity contribution in [2.75, 3.05) is 6.61 Å². The first kappa shape index (κ1) is 22.6. The Morgan fingerprint density at radius 2 is 1.45 bits per heavy atom. The van der Waals surface area contributed by atoms with Gasteiger partial charge in [-0.25, -0.2) is 0 Å². The van der Waals surface area contributed by atoms with Crippen molar-refractivity contribution in [3.8, 4) is 17.1 Å². The molecule has 168 valence electrons. The minimum absolute atomic E-state index is 0.0329. The number of hydrogen-bond donors (Lipinski definition) is 0. The van der Waals surface area contributed by atoms with Crippen molar-refractivity contribution in [2.24, 2.45) is 0 Å². The fourth-order valence-electron chi connectivity index (χ4n) is 2.84. The summed E-state index contributed by atoms with van der Waals surface area (Å²) in [6, 6.07) is 3.04. The van der Waals surface area contributed by atoms with Crippen LogP contribution in [0.15, 0.2) is 21.2 Å². The van der Waals surface area contributed by atoms with Gasteiger partial charge in [-0.3, -0.25) is 0 Å². The molecule has 0 aliphatic carbocycles. The predicted octanol–water partition coefficient (Wildman–Crippen LogP) is 5.35. The topological polar surface area (TPSA) is 87.1 Å². The fraction of sp³-hybridized carbons (Fsp3) is 0.444. The van der Waals surface area contributed by atoms with Gasteiger partial charge in [-0.1, -0.05) is 17.2 Å². The molecule has 31 heavy (non-hydrogen) atoms. The molecule has 1 atom stereocenters. The molecule has 0 aliphatic heterocycles. The summed E-state index contributed by atoms with van der Waals surface area (Å²) in [5.41, 5.74) is 1.42. The van der Waals surface area contributed by atoms with Gasteiger partial charge in [0.25, 0.3) is 0 Å². The van der Waals surface area contributed by atoms with Gasteiger partial charge in [-0.15, -0.1) is 0 Å². The lowest BCUT2D eigenvalue weighted by Crippen LogP contribution is -2.13. The van der Waals surface area contributed by atoms with Crippen LogP contribution >= 0.6 is 0 Å². The number of aromatic nitrogens is 4. The Labute approximate surface area is 171 Å². The predicted molar refractivity (Wildman–Crippen MR) is 92.0 cm³/mol. The number of ether oxygens (including phenoxy) is 1. The van der Waals surface area contributed by atoms with Crippen LogP contribution in [0, 0.1) is 13.8 Å². The van der Waals surface area contributed by atoms with E-state index in [4.69, 9.17) is 4.74 Å². The first-order valence-electron chi connectivity index (χ1n) is 8.96. The first-order valence-corrected chi connectivity index (χ1v) is 8.96. The van der Waals surface area contributed by atoms with Gasteiger partial charge in [0.1, 0.15) is 5.75 Å². The highest BCUT2D eigenvalue weighted by atomic mass is 19.4. The lowest BCUT2D eigenvalue weighted by Gasteiger charge is -2.16. The second-order valence-corrected chi connectivity index (χ2v) is 6.73. The summed E-state index contributed by atoms with van der Waals surface area (Å²) in [6.45, 7) is 5.02. The monoisotopic (exact) mass is 450 g/mol. The van der Waals surface area contributed by atoms with Crippen LogP contribution in [0.3, 0.4) is 0 Å². The van der Waals surface area contributed by atoms with E-state index in [1.165, 1.54) is 12.1 Å². The molecule has 0 N–H and O–H groups in total. The molecular formula is C18H16F6N4O3. The fourth-order valence-corrected chi connectivity index (χ4v) is 2.84. The van der Waals surface area contributed by atoms with Gasteiger partial charge in [0, 0.05) is 5.56 Å². The summed E-state index contributed by atoms with van der Waals surface area (Å²) < 4.78 is 90.2. The highest BCUT2D eigenvalue weighted by molar-refractivity contribution is 5.61. The van der Waals surface area contributed by atoms with E-state index in [0.717, 1.165) is 0 Å². The average Bonchev–Trinajstić information content (AvgIpc) is 3.33. The van der Waals surface area contributed by atoms with Crippen molar-refractivity contribution < 1.29 is 40.1 Å². The highest BCUT2D eigenvalue weighted by Gasteiger charge is 2.39. The summed E-state index contributed by atoms with van der Waals surface area (Å²) in [6.07, 6.45) is -9.11. The van der Waals surface area contributed by atoms with Crippen LogP contribution in [-0.4, -0.2) is 26.9 Å². The van der Waals surface area contributed by atoms with Crippen molar-refractivity contribution in [2.45, 2.75) is 45.5 Å². The molecule has 0 radical (unpaired) electrons. The quantitative estimate of drug-likeness (QED) is 0.468. The maximum atomic E-state index is 12.7. The number of nitrogens with zero attached hydrogens (tertiary/aromatic N) is 4. The molecule has 1 aromatic carbocycles. The largest absolute Gasteiger partial charge is 0.492 e. The third-order valence-corrected chi connectivity index (χ3v) is 4.36. The Kier molecular flexibility index (Phi) is 5.96. The molecule has 0 fully saturated rings. The molecule has 2 heterocycles. The van der Waals surface area contributed by atoms with E-state index in [2.05, 4.69) is 29.3 Å². The van der Waals surface area contributed by atoms with Crippen LogP contribution in [-0.2, 0) is 12.4 Å². The van der Waals surface area contributed by atoms with E-state index in [9.17, 15) is 26.3 Å². The van der Waals surface area contributed by atoms with Gasteiger partial charge in [0.15, 0.2) is 5.82 Å². The van der Waals surface area contributed by atoms with E-state index in [1.54, 1.807) is 20.8 Å². The van der Waals surface area contributed by atoms with E-state index < -0.39 is 30.1 Å². The highest BCUT2D eigenvalue weighted by Crippen LogP contribution is 2.33. The van der Waals surface area contributed by atoms with E-state index in [1.807, 2.05) is 0 Å². The molecule has 3 aromatic rings. The molecule has 0 aliphatic rings. The molecule has 3 rings (SSSR count). The number of hydrogen-bond acceptors (Lipinski definition) is 7. The van der Waals surface area contributed by atoms with Gasteiger partial charge < -0.3 is 13.8 Å². The number of alkyl halides is 6. The van der Waals surface area contributed by atoms with Crippen molar-refractivity contribution in [1.82, 2.24) is 20.3 Å². The smallest absolute Gasteiger partial charge is 0.471 e. The van der Waals surface area contributed by atoms with E-state index in [-0.39, 0.29) is 18.3 Å². The van der Waals surface area contributed by atoms with Crippen LogP contribution in [0.4, 0.5) is 26.3 Å². The Bertz CT molecular complexity index is 1030. The zero-order valence-corrected chi connectivity index (χ0v) is 16.4. The van der Waals surface area contributed by atoms with Gasteiger partial charge in [0.2, 0.25) is 5.82 Å². The average molecular weight is 450 g/mol. The van der Waals surface area contributed by atoms with E-state index >= 15 is 0 Å². The minimum atomic E-state index is -4.76. The van der Waals surface area contributed by atoms with Crippen LogP contribution in [0.5, 0.6) is 5.75 Å². The normalized spacial score (nSPS) is 13.5. The molecule has 0 bridgehead atoms. The maximum Gasteiger partial charge on any atom is 0.471 e. The van der Waals surface area contributed by atoms with Gasteiger partial charge in [-0.2, -0.15) is 36.3 Å². The summed E-state index contributed by atoms with van der Waals surface area (Å²) in [5, 5.41) is 6.73. The second kappa shape index (κ2) is 8.19. The van der Waals surface area contributed by atoms with Crippen LogP contribution in [0.1, 0.15) is 48.0 Å². The second-order valence-electron chi connectivity index (χ2n) is 6.73. The Balaban J connectivity index is 1.77. The Hall–Kier alpha value is -3.12. The Morgan fingerprint density at radius 3 is 1.94 bits per heavy atom. The SMILES string of the molecule is CCC(COc1c(C)cc(-c2noc(C(F)(F)F)n2)cc1C)c1noc(C(F)(F)F)n1. The number of benzene rings is 1. The molecule has 7 nitrogen and oxygen atoms in total. The van der Waals surface area contributed by atoms with Crippen molar-refractivity contribution in [1.29, 1.82) is 0 Å². The minimum Gasteiger partial charge on any atom is -0.492 e. The van der Waals surface area contributed by atoms with Crippen LogP contribution in [0.25, 0.3) is 11.4 Å². The lowest BCUT2D eigenvalue weighted by molar-refractivity contribution is -0.160. The molecule has 0 spiro atoms. The summed E-state index contributed by atoms with van der Waals surface area (Å²) in [5.74, 6) is -3.40. The first-order chi connectivity index (χ1) is 14.4. The zero-order valence-electron chi connectivity index (χ0n) is 16.4. The number of aryl methyl sites for hydroxylation is 2. The number of halogens is 6. The van der Waals surface area contributed by atoms with Crippen LogP contribution < -0.4 is 4.74 Å². The maximum absolute atomic E-state index is 12.7. The van der Waals surface area contributed by atoms with Gasteiger partial charge >= 0.3 is 24.1 Å². The van der Waals surface area contributed by atoms with Crippen molar-refractivity contribution in [3.05, 3.63) is 40.9 Å². The third-order valence-electron chi connectivity index (χ3n) is 4.36. The van der Waals surface area contributed by atoms with Gasteiger partial charge in [-0.05, 0) is 43.5 Å². The van der Waals surface area contributed by atoms with Gasteiger partial charge in [0.05, 0.1) is 12.5 Å². The molecule has 1 unspecified atom stereocenters. The third kappa shape index (κ3) is 4.97. The van der Waals surface area contributed by atoms with Crippen molar-refractivity contribution >= 4 is 0 Å². The molecule has 0 amide bonds. The summed E-state index contributed by atoms with van der Waals surface area (Å²) >= 11 is 0. The van der Waals surface area contributed by atoms with Crippen molar-refractivity contribution in [3.63, 3.8) is 0 Å². The Morgan fingerprint density at radius 1 is 0.903 bits per heavy atom. The lowest BCUT2D eigenvalue weighted by atomic mass is 10.0. The molecule has 2 aromatic heterocycles. The molecule has 0 saturated carbocycles.